The third kappa shape index (κ3) is 3.89. The first-order valence-corrected chi connectivity index (χ1v) is 8.02. The van der Waals surface area contributed by atoms with E-state index < -0.39 is 0 Å². The van der Waals surface area contributed by atoms with E-state index in [4.69, 9.17) is 0 Å². The van der Waals surface area contributed by atoms with Crippen LogP contribution in [-0.4, -0.2) is 19.0 Å². The molecular weight excluding hydrogens is 291 g/mol. The van der Waals surface area contributed by atoms with Gasteiger partial charge < -0.3 is 10.2 Å². The Bertz CT molecular complexity index is 691. The molecule has 4 heteroatoms. The molecule has 0 bridgehead atoms. The number of anilines is 2. The zero-order valence-corrected chi connectivity index (χ0v) is 13.3. The molecule has 0 radical (unpaired) electrons. The minimum Gasteiger partial charge on any atom is -0.371 e. The van der Waals surface area contributed by atoms with Gasteiger partial charge in [-0.2, -0.15) is 0 Å². The van der Waals surface area contributed by atoms with Crippen molar-refractivity contribution in [3.05, 3.63) is 59.4 Å². The highest BCUT2D eigenvalue weighted by Gasteiger charge is 2.14. The number of hydrogen-bond acceptors (Lipinski definition) is 2. The summed E-state index contributed by atoms with van der Waals surface area (Å²) >= 11 is 0. The lowest BCUT2D eigenvalue weighted by Crippen LogP contribution is -2.19. The fraction of sp³-hybridized carbons (Fsp3) is 0.316. The van der Waals surface area contributed by atoms with Crippen molar-refractivity contribution >= 4 is 17.3 Å². The normalized spacial score (nSPS) is 14.1. The van der Waals surface area contributed by atoms with Crippen molar-refractivity contribution in [2.45, 2.75) is 26.2 Å². The molecule has 1 heterocycles. The van der Waals surface area contributed by atoms with Gasteiger partial charge in [0.2, 0.25) is 5.91 Å². The van der Waals surface area contributed by atoms with Crippen LogP contribution in [-0.2, 0) is 11.2 Å². The molecule has 0 unspecified atom stereocenters. The molecule has 1 saturated heterocycles. The van der Waals surface area contributed by atoms with Gasteiger partial charge >= 0.3 is 0 Å². The first kappa shape index (κ1) is 15.5. The van der Waals surface area contributed by atoms with Crippen molar-refractivity contribution in [1.82, 2.24) is 0 Å². The van der Waals surface area contributed by atoms with Gasteiger partial charge in [0.15, 0.2) is 0 Å². The first-order valence-electron chi connectivity index (χ1n) is 8.02. The number of carbonyl (C=O) groups excluding carboxylic acids is 1. The fourth-order valence-electron chi connectivity index (χ4n) is 2.90. The molecule has 0 spiro atoms. The average Bonchev–Trinajstić information content (AvgIpc) is 3.06. The zero-order valence-electron chi connectivity index (χ0n) is 13.3. The summed E-state index contributed by atoms with van der Waals surface area (Å²) in [5.41, 5.74) is 3.85. The van der Waals surface area contributed by atoms with Gasteiger partial charge in [0.25, 0.3) is 0 Å². The average molecular weight is 312 g/mol. The summed E-state index contributed by atoms with van der Waals surface area (Å²) in [5.74, 6) is -0.374. The molecule has 120 valence electrons. The largest absolute Gasteiger partial charge is 0.371 e. The number of carbonyl (C=O) groups is 1. The summed E-state index contributed by atoms with van der Waals surface area (Å²) in [7, 11) is 0. The SMILES string of the molecule is Cc1ccc(N2CCCC2)cc1NC(=O)Cc1ccc(F)cc1. The molecule has 0 aliphatic carbocycles. The van der Waals surface area contributed by atoms with Crippen LogP contribution in [0.2, 0.25) is 0 Å². The van der Waals surface area contributed by atoms with Crippen LogP contribution in [0.3, 0.4) is 0 Å². The molecule has 0 atom stereocenters. The van der Waals surface area contributed by atoms with Crippen LogP contribution in [0, 0.1) is 12.7 Å². The van der Waals surface area contributed by atoms with Crippen LogP contribution < -0.4 is 10.2 Å². The van der Waals surface area contributed by atoms with Crippen LogP contribution in [0.4, 0.5) is 15.8 Å². The Kier molecular flexibility index (Phi) is 4.60. The summed E-state index contributed by atoms with van der Waals surface area (Å²) in [6.45, 7) is 4.14. The van der Waals surface area contributed by atoms with Gasteiger partial charge in [-0.15, -0.1) is 0 Å². The summed E-state index contributed by atoms with van der Waals surface area (Å²) in [4.78, 5) is 14.6. The van der Waals surface area contributed by atoms with E-state index in [9.17, 15) is 9.18 Å². The molecule has 23 heavy (non-hydrogen) atoms. The quantitative estimate of drug-likeness (QED) is 0.928. The van der Waals surface area contributed by atoms with Crippen LogP contribution in [0.1, 0.15) is 24.0 Å². The Labute approximate surface area is 136 Å². The Morgan fingerprint density at radius 3 is 2.52 bits per heavy atom. The highest BCUT2D eigenvalue weighted by Crippen LogP contribution is 2.26. The van der Waals surface area contributed by atoms with Crippen LogP contribution in [0.15, 0.2) is 42.5 Å². The standard InChI is InChI=1S/C19H21FN2O/c1-14-4-9-17(22-10-2-3-11-22)13-18(14)21-19(23)12-15-5-7-16(20)8-6-15/h4-9,13H,2-3,10-12H2,1H3,(H,21,23). The van der Waals surface area contributed by atoms with E-state index in [0.717, 1.165) is 35.6 Å². The summed E-state index contributed by atoms with van der Waals surface area (Å²) < 4.78 is 12.9. The molecule has 1 fully saturated rings. The van der Waals surface area contributed by atoms with Gasteiger partial charge in [-0.25, -0.2) is 4.39 Å². The minimum atomic E-state index is -0.289. The highest BCUT2D eigenvalue weighted by molar-refractivity contribution is 5.93. The summed E-state index contributed by atoms with van der Waals surface area (Å²) in [6, 6.07) is 12.2. The second-order valence-corrected chi connectivity index (χ2v) is 6.04. The number of nitrogens with zero attached hydrogens (tertiary/aromatic N) is 1. The van der Waals surface area contributed by atoms with E-state index in [1.807, 2.05) is 19.1 Å². The number of hydrogen-bond donors (Lipinski definition) is 1. The summed E-state index contributed by atoms with van der Waals surface area (Å²) in [6.07, 6.45) is 2.69. The Morgan fingerprint density at radius 1 is 1.13 bits per heavy atom. The van der Waals surface area contributed by atoms with Crippen LogP contribution in [0.5, 0.6) is 0 Å². The minimum absolute atomic E-state index is 0.0849. The van der Waals surface area contributed by atoms with E-state index >= 15 is 0 Å². The lowest BCUT2D eigenvalue weighted by atomic mass is 10.1. The highest BCUT2D eigenvalue weighted by atomic mass is 19.1. The molecule has 0 saturated carbocycles. The van der Waals surface area contributed by atoms with E-state index in [1.165, 1.54) is 25.0 Å². The predicted octanol–water partition coefficient (Wildman–Crippen LogP) is 3.92. The van der Waals surface area contributed by atoms with Crippen molar-refractivity contribution in [3.8, 4) is 0 Å². The van der Waals surface area contributed by atoms with Crippen LogP contribution in [0.25, 0.3) is 0 Å². The monoisotopic (exact) mass is 312 g/mol. The number of aryl methyl sites for hydroxylation is 1. The number of benzene rings is 2. The second kappa shape index (κ2) is 6.82. The first-order chi connectivity index (χ1) is 11.1. The third-order valence-electron chi connectivity index (χ3n) is 4.24. The van der Waals surface area contributed by atoms with E-state index in [0.29, 0.717) is 0 Å². The molecule has 1 amide bonds. The number of nitrogens with one attached hydrogen (secondary N) is 1. The van der Waals surface area contributed by atoms with Gasteiger partial charge in [-0.05, 0) is 55.2 Å². The van der Waals surface area contributed by atoms with Crippen molar-refractivity contribution in [2.75, 3.05) is 23.3 Å². The van der Waals surface area contributed by atoms with Crippen LogP contribution >= 0.6 is 0 Å². The molecule has 1 aliphatic heterocycles. The second-order valence-electron chi connectivity index (χ2n) is 6.04. The van der Waals surface area contributed by atoms with Crippen molar-refractivity contribution in [3.63, 3.8) is 0 Å². The molecule has 1 N–H and O–H groups in total. The van der Waals surface area contributed by atoms with Gasteiger partial charge in [-0.3, -0.25) is 4.79 Å². The van der Waals surface area contributed by atoms with Crippen molar-refractivity contribution in [1.29, 1.82) is 0 Å². The number of halogens is 1. The maximum absolute atomic E-state index is 12.9. The third-order valence-corrected chi connectivity index (χ3v) is 4.24. The number of amides is 1. The topological polar surface area (TPSA) is 32.3 Å². The molecule has 2 aromatic carbocycles. The lowest BCUT2D eigenvalue weighted by Gasteiger charge is -2.19. The van der Waals surface area contributed by atoms with E-state index in [-0.39, 0.29) is 18.1 Å². The Morgan fingerprint density at radius 2 is 1.83 bits per heavy atom. The van der Waals surface area contributed by atoms with Gasteiger partial charge in [-0.1, -0.05) is 18.2 Å². The maximum Gasteiger partial charge on any atom is 0.228 e. The molecule has 3 rings (SSSR count). The van der Waals surface area contributed by atoms with Gasteiger partial charge in [0, 0.05) is 24.5 Å². The van der Waals surface area contributed by atoms with E-state index in [1.54, 1.807) is 12.1 Å². The molecule has 2 aromatic rings. The van der Waals surface area contributed by atoms with Gasteiger partial charge in [0.1, 0.15) is 5.82 Å². The molecule has 0 aromatic heterocycles. The maximum atomic E-state index is 12.9. The summed E-state index contributed by atoms with van der Waals surface area (Å²) in [5, 5.41) is 2.98. The molecule has 3 nitrogen and oxygen atoms in total. The van der Waals surface area contributed by atoms with Crippen molar-refractivity contribution < 1.29 is 9.18 Å². The zero-order chi connectivity index (χ0) is 16.2. The van der Waals surface area contributed by atoms with Gasteiger partial charge in [0.05, 0.1) is 6.42 Å². The smallest absolute Gasteiger partial charge is 0.228 e. The fourth-order valence-corrected chi connectivity index (χ4v) is 2.90. The molecular formula is C19H21FN2O. The van der Waals surface area contributed by atoms with E-state index in [2.05, 4.69) is 16.3 Å². The lowest BCUT2D eigenvalue weighted by molar-refractivity contribution is -0.115. The predicted molar refractivity (Wildman–Crippen MR) is 91.4 cm³/mol. The Hall–Kier alpha value is -2.36. The van der Waals surface area contributed by atoms with Crippen molar-refractivity contribution in [2.24, 2.45) is 0 Å². The molecule has 1 aliphatic rings. The number of rotatable bonds is 4. The Balaban J connectivity index is 1.69.